The van der Waals surface area contributed by atoms with Gasteiger partial charge < -0.3 is 14.2 Å². The van der Waals surface area contributed by atoms with Crippen LogP contribution in [0.5, 0.6) is 5.88 Å². The molecule has 136 valence electrons. The van der Waals surface area contributed by atoms with Gasteiger partial charge in [-0.05, 0) is 50.6 Å². The number of hydrogen-bond donors (Lipinski definition) is 0. The third-order valence-electron chi connectivity index (χ3n) is 5.31. The Hall–Kier alpha value is -2.33. The van der Waals surface area contributed by atoms with E-state index in [0.29, 0.717) is 12.5 Å². The van der Waals surface area contributed by atoms with E-state index in [0.717, 1.165) is 32.5 Å². The van der Waals surface area contributed by atoms with E-state index in [9.17, 15) is 0 Å². The zero-order valence-electron chi connectivity index (χ0n) is 16.0. The molecule has 26 heavy (non-hydrogen) atoms. The SMILES string of the molecule is CCOc1ccc(CCn2c3c(c4cc(C)ccc42)CN(C)CC3)cn1. The van der Waals surface area contributed by atoms with E-state index in [1.807, 2.05) is 19.2 Å². The lowest BCUT2D eigenvalue weighted by molar-refractivity contribution is 0.309. The smallest absolute Gasteiger partial charge is 0.213 e. The van der Waals surface area contributed by atoms with Crippen molar-refractivity contribution in [2.75, 3.05) is 20.2 Å². The Morgan fingerprint density at radius 1 is 1.19 bits per heavy atom. The monoisotopic (exact) mass is 349 g/mol. The van der Waals surface area contributed by atoms with E-state index in [2.05, 4.69) is 52.7 Å². The van der Waals surface area contributed by atoms with Crippen LogP contribution in [0.3, 0.4) is 0 Å². The van der Waals surface area contributed by atoms with Crippen LogP contribution in [-0.2, 0) is 25.9 Å². The van der Waals surface area contributed by atoms with Gasteiger partial charge >= 0.3 is 0 Å². The fourth-order valence-electron chi connectivity index (χ4n) is 3.99. The van der Waals surface area contributed by atoms with E-state index >= 15 is 0 Å². The van der Waals surface area contributed by atoms with Gasteiger partial charge in [0.1, 0.15) is 0 Å². The molecule has 0 N–H and O–H groups in total. The fraction of sp³-hybridized carbons (Fsp3) is 0.409. The third kappa shape index (κ3) is 3.21. The highest BCUT2D eigenvalue weighted by Crippen LogP contribution is 2.31. The van der Waals surface area contributed by atoms with Crippen molar-refractivity contribution < 1.29 is 4.74 Å². The minimum absolute atomic E-state index is 0.654. The van der Waals surface area contributed by atoms with Gasteiger partial charge in [0, 0.05) is 54.9 Å². The summed E-state index contributed by atoms with van der Waals surface area (Å²) in [5.41, 5.74) is 6.99. The summed E-state index contributed by atoms with van der Waals surface area (Å²) < 4.78 is 7.98. The lowest BCUT2D eigenvalue weighted by atomic mass is 10.0. The van der Waals surface area contributed by atoms with Gasteiger partial charge in [0.25, 0.3) is 0 Å². The fourth-order valence-corrected chi connectivity index (χ4v) is 3.99. The van der Waals surface area contributed by atoms with Gasteiger partial charge in [0.15, 0.2) is 0 Å². The molecule has 3 heterocycles. The molecule has 2 aromatic heterocycles. The molecule has 1 aliphatic rings. The van der Waals surface area contributed by atoms with Gasteiger partial charge in [-0.1, -0.05) is 17.7 Å². The zero-order valence-corrected chi connectivity index (χ0v) is 16.0. The number of aryl methyl sites for hydroxylation is 3. The van der Waals surface area contributed by atoms with Gasteiger partial charge in [-0.3, -0.25) is 0 Å². The van der Waals surface area contributed by atoms with Gasteiger partial charge in [0.05, 0.1) is 6.61 Å². The van der Waals surface area contributed by atoms with Gasteiger partial charge in [-0.15, -0.1) is 0 Å². The Kier molecular flexibility index (Phi) is 4.68. The number of fused-ring (bicyclic) bond motifs is 3. The molecule has 0 bridgehead atoms. The van der Waals surface area contributed by atoms with Crippen molar-refractivity contribution in [3.63, 3.8) is 0 Å². The lowest BCUT2D eigenvalue weighted by Gasteiger charge is -2.24. The molecule has 0 unspecified atom stereocenters. The molecule has 0 atom stereocenters. The largest absolute Gasteiger partial charge is 0.478 e. The van der Waals surface area contributed by atoms with Crippen molar-refractivity contribution in [2.24, 2.45) is 0 Å². The molecule has 4 heteroatoms. The summed E-state index contributed by atoms with van der Waals surface area (Å²) >= 11 is 0. The highest BCUT2D eigenvalue weighted by atomic mass is 16.5. The summed E-state index contributed by atoms with van der Waals surface area (Å²) in [7, 11) is 2.22. The first-order valence-corrected chi connectivity index (χ1v) is 9.52. The Morgan fingerprint density at radius 3 is 2.85 bits per heavy atom. The minimum Gasteiger partial charge on any atom is -0.478 e. The van der Waals surface area contributed by atoms with Crippen molar-refractivity contribution in [3.8, 4) is 5.88 Å². The molecule has 1 aromatic carbocycles. The van der Waals surface area contributed by atoms with Gasteiger partial charge in [-0.25, -0.2) is 4.98 Å². The summed E-state index contributed by atoms with van der Waals surface area (Å²) in [5.74, 6) is 0.707. The van der Waals surface area contributed by atoms with Crippen LogP contribution in [0.15, 0.2) is 36.5 Å². The molecule has 4 rings (SSSR count). The highest BCUT2D eigenvalue weighted by Gasteiger charge is 2.22. The Labute approximate surface area is 155 Å². The van der Waals surface area contributed by atoms with E-state index in [-0.39, 0.29) is 0 Å². The molecule has 0 saturated carbocycles. The Balaban J connectivity index is 1.64. The molecular formula is C22H27N3O. The van der Waals surface area contributed by atoms with Gasteiger partial charge in [-0.2, -0.15) is 0 Å². The number of benzene rings is 1. The maximum Gasteiger partial charge on any atom is 0.213 e. The standard InChI is InChI=1S/C22H27N3O/c1-4-26-22-8-6-17(14-23-22)9-12-25-20-7-5-16(2)13-18(20)19-15-24(3)11-10-21(19)25/h5-8,13-14H,4,9-12,15H2,1-3H3. The first kappa shape index (κ1) is 17.1. The maximum absolute atomic E-state index is 5.44. The molecule has 0 spiro atoms. The van der Waals surface area contributed by atoms with Crippen molar-refractivity contribution in [3.05, 3.63) is 58.9 Å². The van der Waals surface area contributed by atoms with Crippen LogP contribution in [0.25, 0.3) is 10.9 Å². The van der Waals surface area contributed by atoms with Crippen LogP contribution in [0.1, 0.15) is 29.3 Å². The number of pyridine rings is 1. The third-order valence-corrected chi connectivity index (χ3v) is 5.31. The molecule has 0 fully saturated rings. The number of ether oxygens (including phenoxy) is 1. The summed E-state index contributed by atoms with van der Waals surface area (Å²) in [4.78, 5) is 6.82. The van der Waals surface area contributed by atoms with Gasteiger partial charge in [0.2, 0.25) is 5.88 Å². The number of likely N-dealkylation sites (N-methyl/N-ethyl adjacent to an activating group) is 1. The second kappa shape index (κ2) is 7.12. The summed E-state index contributed by atoms with van der Waals surface area (Å²) in [6.45, 7) is 7.99. The zero-order chi connectivity index (χ0) is 18.1. The van der Waals surface area contributed by atoms with E-state index in [1.165, 1.54) is 33.3 Å². The first-order chi connectivity index (χ1) is 12.7. The van der Waals surface area contributed by atoms with Crippen LogP contribution < -0.4 is 4.74 Å². The Bertz CT molecular complexity index is 911. The summed E-state index contributed by atoms with van der Waals surface area (Å²) in [5, 5.41) is 1.43. The molecule has 0 amide bonds. The van der Waals surface area contributed by atoms with Crippen molar-refractivity contribution in [1.82, 2.24) is 14.5 Å². The molecule has 0 aliphatic carbocycles. The molecular weight excluding hydrogens is 322 g/mol. The average molecular weight is 349 g/mol. The normalized spacial score (nSPS) is 14.6. The van der Waals surface area contributed by atoms with E-state index in [1.54, 1.807) is 0 Å². The quantitative estimate of drug-likeness (QED) is 0.698. The number of hydrogen-bond acceptors (Lipinski definition) is 3. The van der Waals surface area contributed by atoms with Crippen LogP contribution in [-0.4, -0.2) is 34.7 Å². The average Bonchev–Trinajstić information content (AvgIpc) is 2.94. The summed E-state index contributed by atoms with van der Waals surface area (Å²) in [6.07, 6.45) is 4.06. The number of rotatable bonds is 5. The second-order valence-corrected chi connectivity index (χ2v) is 7.27. The number of nitrogens with zero attached hydrogens (tertiary/aromatic N) is 3. The van der Waals surface area contributed by atoms with Crippen LogP contribution in [0, 0.1) is 6.92 Å². The topological polar surface area (TPSA) is 30.3 Å². The molecule has 4 nitrogen and oxygen atoms in total. The molecule has 0 radical (unpaired) electrons. The predicted octanol–water partition coefficient (Wildman–Crippen LogP) is 3.97. The molecule has 0 saturated heterocycles. The van der Waals surface area contributed by atoms with Crippen molar-refractivity contribution >= 4 is 10.9 Å². The predicted molar refractivity (Wildman–Crippen MR) is 106 cm³/mol. The van der Waals surface area contributed by atoms with E-state index in [4.69, 9.17) is 4.74 Å². The minimum atomic E-state index is 0.654. The number of aromatic nitrogens is 2. The highest BCUT2D eigenvalue weighted by molar-refractivity contribution is 5.86. The molecule has 3 aromatic rings. The van der Waals surface area contributed by atoms with Crippen LogP contribution >= 0.6 is 0 Å². The Morgan fingerprint density at radius 2 is 2.08 bits per heavy atom. The van der Waals surface area contributed by atoms with Crippen LogP contribution in [0.2, 0.25) is 0 Å². The van der Waals surface area contributed by atoms with E-state index < -0.39 is 0 Å². The van der Waals surface area contributed by atoms with Crippen molar-refractivity contribution in [2.45, 2.75) is 39.8 Å². The summed E-state index contributed by atoms with van der Waals surface area (Å²) in [6, 6.07) is 11.0. The maximum atomic E-state index is 5.44. The first-order valence-electron chi connectivity index (χ1n) is 9.52. The lowest BCUT2D eigenvalue weighted by Crippen LogP contribution is -2.27. The van der Waals surface area contributed by atoms with Crippen LogP contribution in [0.4, 0.5) is 0 Å². The molecule has 1 aliphatic heterocycles. The van der Waals surface area contributed by atoms with Crippen molar-refractivity contribution in [1.29, 1.82) is 0 Å². The second-order valence-electron chi connectivity index (χ2n) is 7.27.